The first-order valence-electron chi connectivity index (χ1n) is 5.82. The Bertz CT molecular complexity index is 87.1. The van der Waals surface area contributed by atoms with Crippen LogP contribution in [0, 0.1) is 5.92 Å². The molecule has 0 atom stereocenters. The highest BCUT2D eigenvalue weighted by Gasteiger charge is 2.08. The SMILES string of the molecule is CC.CCCN(CC(C)C)C(C)C. The molecular weight excluding hydrogens is 158 g/mol. The Morgan fingerprint density at radius 1 is 1.00 bits per heavy atom. The summed E-state index contributed by atoms with van der Waals surface area (Å²) in [7, 11) is 0. The van der Waals surface area contributed by atoms with Crippen molar-refractivity contribution >= 4 is 0 Å². The molecule has 0 aromatic carbocycles. The predicted molar refractivity (Wildman–Crippen MR) is 63.2 cm³/mol. The van der Waals surface area contributed by atoms with Crippen molar-refractivity contribution in [2.75, 3.05) is 13.1 Å². The van der Waals surface area contributed by atoms with Crippen molar-refractivity contribution in [1.29, 1.82) is 0 Å². The summed E-state index contributed by atoms with van der Waals surface area (Å²) in [6, 6.07) is 0.706. The average molecular weight is 187 g/mol. The van der Waals surface area contributed by atoms with Crippen molar-refractivity contribution in [3.8, 4) is 0 Å². The smallest absolute Gasteiger partial charge is 0.00386 e. The van der Waals surface area contributed by atoms with Crippen LogP contribution in [0.3, 0.4) is 0 Å². The second kappa shape index (κ2) is 10.0. The summed E-state index contributed by atoms with van der Waals surface area (Å²) in [5, 5.41) is 0. The molecule has 0 rings (SSSR count). The van der Waals surface area contributed by atoms with E-state index in [1.807, 2.05) is 13.8 Å². The third-order valence-electron chi connectivity index (χ3n) is 1.84. The molecule has 0 aromatic rings. The fourth-order valence-electron chi connectivity index (χ4n) is 1.32. The molecule has 0 saturated heterocycles. The zero-order valence-corrected chi connectivity index (χ0v) is 10.7. The van der Waals surface area contributed by atoms with E-state index in [1.54, 1.807) is 0 Å². The molecule has 0 aliphatic heterocycles. The monoisotopic (exact) mass is 187 g/mol. The molecule has 0 heterocycles. The van der Waals surface area contributed by atoms with Crippen molar-refractivity contribution < 1.29 is 0 Å². The maximum atomic E-state index is 2.55. The van der Waals surface area contributed by atoms with Gasteiger partial charge in [0, 0.05) is 12.6 Å². The third kappa shape index (κ3) is 9.88. The van der Waals surface area contributed by atoms with Gasteiger partial charge in [-0.15, -0.1) is 0 Å². The Balaban J connectivity index is 0. The number of rotatable bonds is 5. The highest BCUT2D eigenvalue weighted by atomic mass is 15.1. The Kier molecular flexibility index (Phi) is 11.9. The first-order chi connectivity index (χ1) is 6.07. The van der Waals surface area contributed by atoms with E-state index in [9.17, 15) is 0 Å². The van der Waals surface area contributed by atoms with E-state index in [0.717, 1.165) is 5.92 Å². The minimum absolute atomic E-state index is 0.706. The summed E-state index contributed by atoms with van der Waals surface area (Å²) >= 11 is 0. The maximum absolute atomic E-state index is 2.55. The van der Waals surface area contributed by atoms with Crippen LogP contribution < -0.4 is 0 Å². The van der Waals surface area contributed by atoms with Gasteiger partial charge < -0.3 is 4.90 Å². The van der Waals surface area contributed by atoms with Gasteiger partial charge in [0.25, 0.3) is 0 Å². The lowest BCUT2D eigenvalue weighted by molar-refractivity contribution is 0.198. The number of nitrogens with zero attached hydrogens (tertiary/aromatic N) is 1. The van der Waals surface area contributed by atoms with E-state index in [4.69, 9.17) is 0 Å². The molecule has 0 radical (unpaired) electrons. The number of hydrogen-bond donors (Lipinski definition) is 0. The molecule has 0 bridgehead atoms. The van der Waals surface area contributed by atoms with Crippen molar-refractivity contribution in [1.82, 2.24) is 4.90 Å². The molecule has 13 heavy (non-hydrogen) atoms. The highest BCUT2D eigenvalue weighted by molar-refractivity contribution is 4.63. The van der Waals surface area contributed by atoms with Gasteiger partial charge in [0.15, 0.2) is 0 Å². The van der Waals surface area contributed by atoms with Gasteiger partial charge in [-0.1, -0.05) is 34.6 Å². The normalized spacial score (nSPS) is 10.6. The van der Waals surface area contributed by atoms with Crippen LogP contribution in [-0.2, 0) is 0 Å². The first kappa shape index (κ1) is 15.4. The summed E-state index contributed by atoms with van der Waals surface area (Å²) in [6.07, 6.45) is 1.27. The predicted octanol–water partition coefficient (Wildman–Crippen LogP) is 3.79. The van der Waals surface area contributed by atoms with E-state index >= 15 is 0 Å². The molecule has 0 aliphatic rings. The molecule has 0 saturated carbocycles. The third-order valence-corrected chi connectivity index (χ3v) is 1.84. The zero-order valence-electron chi connectivity index (χ0n) is 10.7. The molecule has 0 unspecified atom stereocenters. The molecule has 0 aliphatic carbocycles. The highest BCUT2D eigenvalue weighted by Crippen LogP contribution is 2.04. The van der Waals surface area contributed by atoms with Crippen LogP contribution in [0.1, 0.15) is 54.9 Å². The molecule has 0 N–H and O–H groups in total. The summed E-state index contributed by atoms with van der Waals surface area (Å²) in [5.41, 5.74) is 0. The largest absolute Gasteiger partial charge is 0.301 e. The molecule has 0 aromatic heterocycles. The molecule has 0 fully saturated rings. The summed E-state index contributed by atoms with van der Waals surface area (Å²) in [5.74, 6) is 0.795. The van der Waals surface area contributed by atoms with Gasteiger partial charge in [-0.05, 0) is 32.7 Å². The Labute approximate surface area is 85.5 Å². The van der Waals surface area contributed by atoms with Gasteiger partial charge in [-0.25, -0.2) is 0 Å². The number of hydrogen-bond acceptors (Lipinski definition) is 1. The molecule has 0 spiro atoms. The van der Waals surface area contributed by atoms with Gasteiger partial charge in [0.1, 0.15) is 0 Å². The topological polar surface area (TPSA) is 3.24 Å². The van der Waals surface area contributed by atoms with Crippen LogP contribution in [0.2, 0.25) is 0 Å². The average Bonchev–Trinajstić information content (AvgIpc) is 2.06. The van der Waals surface area contributed by atoms with E-state index in [0.29, 0.717) is 6.04 Å². The van der Waals surface area contributed by atoms with Gasteiger partial charge in [0.2, 0.25) is 0 Å². The van der Waals surface area contributed by atoms with Gasteiger partial charge >= 0.3 is 0 Å². The first-order valence-corrected chi connectivity index (χ1v) is 5.82. The van der Waals surface area contributed by atoms with Gasteiger partial charge in [-0.3, -0.25) is 0 Å². The lowest BCUT2D eigenvalue weighted by Gasteiger charge is -2.27. The van der Waals surface area contributed by atoms with Crippen molar-refractivity contribution in [2.45, 2.75) is 60.9 Å². The van der Waals surface area contributed by atoms with Crippen LogP contribution >= 0.6 is 0 Å². The fourth-order valence-corrected chi connectivity index (χ4v) is 1.32. The van der Waals surface area contributed by atoms with Crippen molar-refractivity contribution in [2.24, 2.45) is 5.92 Å². The summed E-state index contributed by atoms with van der Waals surface area (Å²) < 4.78 is 0. The Morgan fingerprint density at radius 3 is 1.69 bits per heavy atom. The zero-order chi connectivity index (χ0) is 10.9. The van der Waals surface area contributed by atoms with Gasteiger partial charge in [-0.2, -0.15) is 0 Å². The minimum Gasteiger partial charge on any atom is -0.301 e. The lowest BCUT2D eigenvalue weighted by Crippen LogP contribution is -2.34. The van der Waals surface area contributed by atoms with Crippen LogP contribution in [0.15, 0.2) is 0 Å². The van der Waals surface area contributed by atoms with E-state index < -0.39 is 0 Å². The quantitative estimate of drug-likeness (QED) is 0.633. The fraction of sp³-hybridized carbons (Fsp3) is 1.00. The molecule has 82 valence electrons. The van der Waals surface area contributed by atoms with E-state index in [1.165, 1.54) is 19.5 Å². The van der Waals surface area contributed by atoms with Crippen LogP contribution in [-0.4, -0.2) is 24.0 Å². The van der Waals surface area contributed by atoms with Crippen molar-refractivity contribution in [3.63, 3.8) is 0 Å². The lowest BCUT2D eigenvalue weighted by atomic mass is 10.2. The Hall–Kier alpha value is -0.0400. The minimum atomic E-state index is 0.706. The Morgan fingerprint density at radius 2 is 1.46 bits per heavy atom. The van der Waals surface area contributed by atoms with Crippen molar-refractivity contribution in [3.05, 3.63) is 0 Å². The molecule has 0 amide bonds. The second-order valence-corrected chi connectivity index (χ2v) is 3.98. The second-order valence-electron chi connectivity index (χ2n) is 3.98. The molecular formula is C12H29N. The van der Waals surface area contributed by atoms with E-state index in [-0.39, 0.29) is 0 Å². The maximum Gasteiger partial charge on any atom is 0.00386 e. The van der Waals surface area contributed by atoms with Crippen LogP contribution in [0.4, 0.5) is 0 Å². The summed E-state index contributed by atoms with van der Waals surface area (Å²) in [4.78, 5) is 2.55. The molecule has 1 heteroatoms. The molecule has 1 nitrogen and oxygen atoms in total. The standard InChI is InChI=1S/C10H23N.C2H6/c1-6-7-11(10(4)5)8-9(2)3;1-2/h9-10H,6-8H2,1-5H3;1-2H3. The van der Waals surface area contributed by atoms with Crippen LogP contribution in [0.25, 0.3) is 0 Å². The van der Waals surface area contributed by atoms with E-state index in [2.05, 4.69) is 39.5 Å². The van der Waals surface area contributed by atoms with Gasteiger partial charge in [0.05, 0.1) is 0 Å². The van der Waals surface area contributed by atoms with Crippen LogP contribution in [0.5, 0.6) is 0 Å². The summed E-state index contributed by atoms with van der Waals surface area (Å²) in [6.45, 7) is 17.9.